The first-order chi connectivity index (χ1) is 11.0. The van der Waals surface area contributed by atoms with Crippen molar-refractivity contribution in [2.75, 3.05) is 22.6 Å². The molecule has 1 N–H and O–H groups in total. The first-order valence-corrected chi connectivity index (χ1v) is 10.7. The summed E-state index contributed by atoms with van der Waals surface area (Å²) >= 11 is 20.9. The molecule has 0 saturated carbocycles. The molecule has 0 aliphatic rings. The van der Waals surface area contributed by atoms with Crippen LogP contribution in [-0.4, -0.2) is 27.7 Å². The van der Waals surface area contributed by atoms with Crippen LogP contribution in [0.1, 0.15) is 0 Å². The number of aromatic hydroxyl groups is 1. The minimum atomic E-state index is 0.245. The van der Waals surface area contributed by atoms with E-state index in [0.29, 0.717) is 11.6 Å². The number of ether oxygens (including phenoxy) is 1. The van der Waals surface area contributed by atoms with Gasteiger partial charge in [-0.3, -0.25) is 0 Å². The summed E-state index contributed by atoms with van der Waals surface area (Å²) in [6.45, 7) is 0.682. The van der Waals surface area contributed by atoms with Crippen LogP contribution in [0.3, 0.4) is 0 Å². The Kier molecular flexibility index (Phi) is 15.6. The zero-order valence-electron chi connectivity index (χ0n) is 12.2. The van der Waals surface area contributed by atoms with Gasteiger partial charge in [-0.15, -0.1) is 0 Å². The van der Waals surface area contributed by atoms with Crippen molar-refractivity contribution in [3.05, 3.63) is 58.6 Å². The van der Waals surface area contributed by atoms with E-state index in [1.165, 1.54) is 0 Å². The fourth-order valence-corrected chi connectivity index (χ4v) is 1.54. The molecule has 2 rings (SSSR count). The number of benzene rings is 2. The van der Waals surface area contributed by atoms with E-state index in [0.717, 1.165) is 26.8 Å². The van der Waals surface area contributed by atoms with Gasteiger partial charge in [0.05, 0.1) is 6.61 Å². The molecule has 0 bridgehead atoms. The minimum absolute atomic E-state index is 0.245. The van der Waals surface area contributed by atoms with E-state index < -0.39 is 0 Å². The number of alkyl halides is 3. The maximum Gasteiger partial charge on any atom is 0.119 e. The molecule has 0 fully saturated rings. The van der Waals surface area contributed by atoms with E-state index in [2.05, 4.69) is 47.8 Å². The Balaban J connectivity index is 0.000000354. The number of hydrogen-bond acceptors (Lipinski definition) is 2. The summed E-state index contributed by atoms with van der Waals surface area (Å²) in [6, 6.07) is 13.7. The molecule has 0 amide bonds. The van der Waals surface area contributed by atoms with Gasteiger partial charge in [-0.1, -0.05) is 71.0 Å². The van der Waals surface area contributed by atoms with Crippen LogP contribution >= 0.6 is 71.0 Å². The molecule has 2 nitrogen and oxygen atoms in total. The van der Waals surface area contributed by atoms with Gasteiger partial charge in [-0.05, 0) is 48.5 Å². The predicted molar refractivity (Wildman–Crippen MR) is 111 cm³/mol. The maximum atomic E-state index is 8.70. The lowest BCUT2D eigenvalue weighted by atomic mass is 10.3. The Morgan fingerprint density at radius 3 is 1.52 bits per heavy atom. The van der Waals surface area contributed by atoms with E-state index in [1.54, 1.807) is 24.3 Å². The second-order valence-electron chi connectivity index (χ2n) is 3.85. The highest BCUT2D eigenvalue weighted by atomic mass is 79.9. The summed E-state index contributed by atoms with van der Waals surface area (Å²) in [5.41, 5.74) is 0. The van der Waals surface area contributed by atoms with Crippen LogP contribution in [0.5, 0.6) is 11.5 Å². The Morgan fingerprint density at radius 2 is 1.17 bits per heavy atom. The smallest absolute Gasteiger partial charge is 0.119 e. The van der Waals surface area contributed by atoms with Crippen LogP contribution in [-0.2, 0) is 0 Å². The van der Waals surface area contributed by atoms with Gasteiger partial charge in [0, 0.05) is 26.0 Å². The Morgan fingerprint density at radius 1 is 0.739 bits per heavy atom. The van der Waals surface area contributed by atoms with Crippen LogP contribution in [0, 0.1) is 0 Å². The Hall–Kier alpha value is 0.0600. The highest BCUT2D eigenvalue weighted by molar-refractivity contribution is 9.12. The average Bonchev–Trinajstić information content (AvgIpc) is 2.58. The van der Waals surface area contributed by atoms with Crippen LogP contribution < -0.4 is 4.74 Å². The summed E-state index contributed by atoms with van der Waals surface area (Å²) in [5, 5.41) is 13.0. The van der Waals surface area contributed by atoms with Gasteiger partial charge in [0.1, 0.15) is 11.5 Å². The predicted octanol–water partition coefficient (Wildman–Crippen LogP) is 6.94. The second-order valence-corrected chi connectivity index (χ2v) is 7.10. The van der Waals surface area contributed by atoms with Crippen molar-refractivity contribution in [1.29, 1.82) is 0 Å². The third-order valence-electron chi connectivity index (χ3n) is 2.06. The van der Waals surface area contributed by atoms with Gasteiger partial charge in [0.15, 0.2) is 0 Å². The molecule has 7 heteroatoms. The summed E-state index contributed by atoms with van der Waals surface area (Å²) in [4.78, 5) is 0. The number of halogens is 5. The summed E-state index contributed by atoms with van der Waals surface area (Å²) in [7, 11) is 0. The molecule has 0 atom stereocenters. The lowest BCUT2D eigenvalue weighted by molar-refractivity contribution is 0.345. The molecule has 0 aliphatic heterocycles. The number of phenols is 1. The van der Waals surface area contributed by atoms with Crippen molar-refractivity contribution < 1.29 is 9.84 Å². The molecule has 23 heavy (non-hydrogen) atoms. The molecule has 128 valence electrons. The summed E-state index contributed by atoms with van der Waals surface area (Å²) < 4.78 is 5.30. The summed E-state index contributed by atoms with van der Waals surface area (Å²) in [6.07, 6.45) is 0. The minimum Gasteiger partial charge on any atom is -0.508 e. The highest BCUT2D eigenvalue weighted by Crippen LogP contribution is 2.15. The van der Waals surface area contributed by atoms with E-state index in [-0.39, 0.29) is 5.75 Å². The third kappa shape index (κ3) is 14.1. The van der Waals surface area contributed by atoms with Crippen LogP contribution in [0.4, 0.5) is 0 Å². The van der Waals surface area contributed by atoms with E-state index in [1.807, 2.05) is 24.3 Å². The first-order valence-electron chi connectivity index (χ1n) is 6.54. The fourth-order valence-electron chi connectivity index (χ4n) is 1.13. The van der Waals surface area contributed by atoms with Gasteiger partial charge in [-0.25, -0.2) is 0 Å². The molecule has 0 unspecified atom stereocenters. The molecule has 2 aromatic carbocycles. The van der Waals surface area contributed by atoms with Crippen molar-refractivity contribution in [3.63, 3.8) is 0 Å². The fraction of sp³-hybridized carbons (Fsp3) is 0.250. The number of hydrogen-bond donors (Lipinski definition) is 1. The topological polar surface area (TPSA) is 29.5 Å². The molecule has 0 saturated heterocycles. The van der Waals surface area contributed by atoms with Gasteiger partial charge < -0.3 is 9.84 Å². The standard InChI is InChI=1S/C8H8BrClO.C6H5ClO.C2H4Br2/c9-5-6-11-8-3-1-7(10)2-4-8;7-5-1-3-6(8)4-2-5;3-1-2-4/h1-4H,5-6H2;1-4,8H;1-2H2. The van der Waals surface area contributed by atoms with Crippen molar-refractivity contribution in [2.24, 2.45) is 0 Å². The van der Waals surface area contributed by atoms with Crippen LogP contribution in [0.2, 0.25) is 10.0 Å². The molecular formula is C16H17Br3Cl2O2. The first kappa shape index (κ1) is 23.1. The van der Waals surface area contributed by atoms with E-state index >= 15 is 0 Å². The van der Waals surface area contributed by atoms with Gasteiger partial charge in [-0.2, -0.15) is 0 Å². The van der Waals surface area contributed by atoms with Crippen molar-refractivity contribution in [1.82, 2.24) is 0 Å². The second kappa shape index (κ2) is 15.6. The Bertz CT molecular complexity index is 485. The normalized spacial score (nSPS) is 9.09. The molecule has 0 aromatic heterocycles. The van der Waals surface area contributed by atoms with Gasteiger partial charge >= 0.3 is 0 Å². The third-order valence-corrected chi connectivity index (χ3v) is 4.74. The molecule has 2 aromatic rings. The zero-order chi connectivity index (χ0) is 17.5. The molecule has 0 heterocycles. The molecule has 0 radical (unpaired) electrons. The lowest BCUT2D eigenvalue weighted by Gasteiger charge is -2.02. The molecule has 0 spiro atoms. The van der Waals surface area contributed by atoms with Crippen molar-refractivity contribution >= 4 is 71.0 Å². The van der Waals surface area contributed by atoms with E-state index in [9.17, 15) is 0 Å². The highest BCUT2D eigenvalue weighted by Gasteiger charge is 1.91. The zero-order valence-corrected chi connectivity index (χ0v) is 18.5. The number of phenolic OH excluding ortho intramolecular Hbond substituents is 1. The monoisotopic (exact) mass is 548 g/mol. The summed E-state index contributed by atoms with van der Waals surface area (Å²) in [5.74, 6) is 1.10. The molecular weight excluding hydrogens is 535 g/mol. The van der Waals surface area contributed by atoms with Crippen molar-refractivity contribution in [3.8, 4) is 11.5 Å². The number of rotatable bonds is 4. The largest absolute Gasteiger partial charge is 0.508 e. The van der Waals surface area contributed by atoms with Crippen molar-refractivity contribution in [2.45, 2.75) is 0 Å². The molecule has 0 aliphatic carbocycles. The van der Waals surface area contributed by atoms with E-state index in [4.69, 9.17) is 33.0 Å². The average molecular weight is 552 g/mol. The van der Waals surface area contributed by atoms with Gasteiger partial charge in [0.25, 0.3) is 0 Å². The van der Waals surface area contributed by atoms with Crippen LogP contribution in [0.25, 0.3) is 0 Å². The van der Waals surface area contributed by atoms with Gasteiger partial charge in [0.2, 0.25) is 0 Å². The lowest BCUT2D eigenvalue weighted by Crippen LogP contribution is -1.96. The Labute approximate surface area is 172 Å². The SMILES string of the molecule is BrCCBr.Clc1ccc(OCCBr)cc1.Oc1ccc(Cl)cc1. The maximum absolute atomic E-state index is 8.70. The van der Waals surface area contributed by atoms with Crippen LogP contribution in [0.15, 0.2) is 48.5 Å². The quantitative estimate of drug-likeness (QED) is 0.417.